The molecular formula is C19H23N3O6. The zero-order chi connectivity index (χ0) is 20.7. The number of hydrogen-bond donors (Lipinski definition) is 2. The number of imidazole rings is 1. The lowest BCUT2D eigenvalue weighted by Gasteiger charge is -2.29. The van der Waals surface area contributed by atoms with E-state index in [9.17, 15) is 19.5 Å². The van der Waals surface area contributed by atoms with Crippen LogP contribution in [0.1, 0.15) is 32.0 Å². The van der Waals surface area contributed by atoms with E-state index in [1.165, 1.54) is 12.5 Å². The highest BCUT2D eigenvalue weighted by atomic mass is 16.6. The number of carbonyl (C=O) groups excluding carboxylic acids is 2. The van der Waals surface area contributed by atoms with Crippen LogP contribution in [0, 0.1) is 0 Å². The summed E-state index contributed by atoms with van der Waals surface area (Å²) in [6.45, 7) is 4.73. The van der Waals surface area contributed by atoms with Crippen molar-refractivity contribution in [3.05, 3.63) is 54.1 Å². The molecule has 2 aromatic rings. The molecule has 0 aliphatic carbocycles. The average Bonchev–Trinajstić information content (AvgIpc) is 3.12. The lowest BCUT2D eigenvalue weighted by atomic mass is 10.1. The molecule has 28 heavy (non-hydrogen) atoms. The second-order valence-corrected chi connectivity index (χ2v) is 7.03. The number of hydrogen-bond acceptors (Lipinski definition) is 6. The van der Waals surface area contributed by atoms with Gasteiger partial charge >= 0.3 is 18.2 Å². The predicted molar refractivity (Wildman–Crippen MR) is 98.4 cm³/mol. The molecule has 9 nitrogen and oxygen atoms in total. The van der Waals surface area contributed by atoms with Crippen molar-refractivity contribution in [3.8, 4) is 0 Å². The van der Waals surface area contributed by atoms with E-state index in [0.29, 0.717) is 16.2 Å². The van der Waals surface area contributed by atoms with Crippen LogP contribution in [0.25, 0.3) is 0 Å². The number of imide groups is 1. The van der Waals surface area contributed by atoms with Crippen LogP contribution in [0.4, 0.5) is 9.59 Å². The number of aromatic amines is 1. The Morgan fingerprint density at radius 1 is 1.18 bits per heavy atom. The predicted octanol–water partition coefficient (Wildman–Crippen LogP) is 2.98. The fraction of sp³-hybridized carbons (Fsp3) is 0.368. The van der Waals surface area contributed by atoms with Gasteiger partial charge in [0.15, 0.2) is 0 Å². The number of carbonyl (C=O) groups is 3. The Hall–Kier alpha value is -3.36. The van der Waals surface area contributed by atoms with Crippen molar-refractivity contribution in [3.63, 3.8) is 0 Å². The van der Waals surface area contributed by atoms with E-state index in [2.05, 4.69) is 9.97 Å². The molecule has 2 N–H and O–H groups in total. The van der Waals surface area contributed by atoms with Crippen LogP contribution in [0.2, 0.25) is 0 Å². The summed E-state index contributed by atoms with van der Waals surface area (Å²) in [4.78, 5) is 44.1. The molecule has 0 bridgehead atoms. The highest BCUT2D eigenvalue weighted by Crippen LogP contribution is 2.17. The van der Waals surface area contributed by atoms with Crippen molar-refractivity contribution in [1.82, 2.24) is 14.9 Å². The van der Waals surface area contributed by atoms with Gasteiger partial charge in [0.2, 0.25) is 0 Å². The van der Waals surface area contributed by atoms with Crippen molar-refractivity contribution in [2.24, 2.45) is 0 Å². The van der Waals surface area contributed by atoms with Crippen LogP contribution in [-0.2, 0) is 27.3 Å². The maximum atomic E-state index is 12.6. The fourth-order valence-electron chi connectivity index (χ4n) is 2.32. The minimum absolute atomic E-state index is 0.116. The first-order chi connectivity index (χ1) is 13.2. The molecule has 1 heterocycles. The third-order valence-corrected chi connectivity index (χ3v) is 3.56. The normalized spacial score (nSPS) is 12.1. The van der Waals surface area contributed by atoms with Crippen LogP contribution >= 0.6 is 0 Å². The van der Waals surface area contributed by atoms with Gasteiger partial charge in [0, 0.05) is 18.3 Å². The van der Waals surface area contributed by atoms with Gasteiger partial charge in [-0.05, 0) is 26.3 Å². The third-order valence-electron chi connectivity index (χ3n) is 3.56. The lowest BCUT2D eigenvalue weighted by Crippen LogP contribution is -2.51. The zero-order valence-electron chi connectivity index (χ0n) is 15.9. The standard InChI is InChI=1S/C19H23N3O6/c1-19(2,3)28-18(26)22(15(16(23)24)9-14-10-20-12-21-14)17(25)27-11-13-7-5-4-6-8-13/h4-8,10,12,15H,9,11H2,1-3H3,(H,20,21)(H,23,24)/t15-/m0/s1. The van der Waals surface area contributed by atoms with Crippen molar-refractivity contribution in [1.29, 1.82) is 0 Å². The lowest BCUT2D eigenvalue weighted by molar-refractivity contribution is -0.142. The molecule has 9 heteroatoms. The number of aliphatic carboxylic acids is 1. The van der Waals surface area contributed by atoms with Gasteiger partial charge < -0.3 is 19.6 Å². The number of amides is 2. The summed E-state index contributed by atoms with van der Waals surface area (Å²) in [6.07, 6.45) is 0.412. The molecule has 0 saturated heterocycles. The Morgan fingerprint density at radius 3 is 2.39 bits per heavy atom. The largest absolute Gasteiger partial charge is 0.480 e. The number of H-pyrrole nitrogens is 1. The van der Waals surface area contributed by atoms with Gasteiger partial charge in [-0.1, -0.05) is 30.3 Å². The van der Waals surface area contributed by atoms with Crippen molar-refractivity contribution < 1.29 is 29.0 Å². The summed E-state index contributed by atoms with van der Waals surface area (Å²) in [5.41, 5.74) is 0.212. The average molecular weight is 389 g/mol. The molecule has 0 aliphatic rings. The van der Waals surface area contributed by atoms with Crippen molar-refractivity contribution in [2.45, 2.75) is 45.4 Å². The van der Waals surface area contributed by atoms with E-state index in [1.807, 2.05) is 6.07 Å². The minimum atomic E-state index is -1.53. The zero-order valence-corrected chi connectivity index (χ0v) is 15.9. The quantitative estimate of drug-likeness (QED) is 0.779. The third kappa shape index (κ3) is 6.11. The smallest absolute Gasteiger partial charge is 0.420 e. The second-order valence-electron chi connectivity index (χ2n) is 7.03. The highest BCUT2D eigenvalue weighted by molar-refractivity contribution is 5.93. The van der Waals surface area contributed by atoms with Gasteiger partial charge in [-0.15, -0.1) is 0 Å². The SMILES string of the molecule is CC(C)(C)OC(=O)N(C(=O)OCc1ccccc1)[C@@H](Cc1cnc[nH]1)C(=O)O. The Morgan fingerprint density at radius 2 is 1.86 bits per heavy atom. The summed E-state index contributed by atoms with van der Waals surface area (Å²) < 4.78 is 10.4. The molecule has 2 rings (SSSR count). The summed E-state index contributed by atoms with van der Waals surface area (Å²) in [6, 6.07) is 7.30. The van der Waals surface area contributed by atoms with E-state index < -0.39 is 29.8 Å². The Kier molecular flexibility index (Phi) is 6.75. The monoisotopic (exact) mass is 389 g/mol. The van der Waals surface area contributed by atoms with Crippen LogP contribution < -0.4 is 0 Å². The van der Waals surface area contributed by atoms with Crippen LogP contribution in [-0.4, -0.2) is 49.8 Å². The fourth-order valence-corrected chi connectivity index (χ4v) is 2.32. The van der Waals surface area contributed by atoms with Gasteiger partial charge in [0.1, 0.15) is 18.2 Å². The molecule has 0 fully saturated rings. The number of aromatic nitrogens is 2. The highest BCUT2D eigenvalue weighted by Gasteiger charge is 2.39. The number of ether oxygens (including phenoxy) is 2. The molecule has 1 atom stereocenters. The molecule has 1 aromatic heterocycles. The molecule has 0 radical (unpaired) electrons. The summed E-state index contributed by atoms with van der Waals surface area (Å²) in [7, 11) is 0. The van der Waals surface area contributed by atoms with Crippen molar-refractivity contribution in [2.75, 3.05) is 0 Å². The molecule has 0 unspecified atom stereocenters. The minimum Gasteiger partial charge on any atom is -0.480 e. The second kappa shape index (κ2) is 9.03. The van der Waals surface area contributed by atoms with E-state index in [1.54, 1.807) is 45.0 Å². The topological polar surface area (TPSA) is 122 Å². The number of rotatable bonds is 6. The van der Waals surface area contributed by atoms with E-state index in [-0.39, 0.29) is 13.0 Å². The molecule has 0 saturated carbocycles. The number of nitrogens with zero attached hydrogens (tertiary/aromatic N) is 2. The van der Waals surface area contributed by atoms with E-state index in [4.69, 9.17) is 9.47 Å². The van der Waals surface area contributed by atoms with Crippen LogP contribution in [0.5, 0.6) is 0 Å². The van der Waals surface area contributed by atoms with Gasteiger partial charge in [0.05, 0.1) is 6.33 Å². The summed E-state index contributed by atoms with van der Waals surface area (Å²) in [5.74, 6) is -1.38. The van der Waals surface area contributed by atoms with Gasteiger partial charge in [-0.2, -0.15) is 4.90 Å². The number of carboxylic acid groups (broad SMARTS) is 1. The Labute approximate surface area is 162 Å². The summed E-state index contributed by atoms with van der Waals surface area (Å²) in [5, 5.41) is 9.63. The first-order valence-corrected chi connectivity index (χ1v) is 8.60. The van der Waals surface area contributed by atoms with Gasteiger partial charge in [-0.25, -0.2) is 19.4 Å². The molecule has 0 spiro atoms. The van der Waals surface area contributed by atoms with Gasteiger partial charge in [-0.3, -0.25) is 0 Å². The maximum absolute atomic E-state index is 12.6. The number of benzene rings is 1. The van der Waals surface area contributed by atoms with E-state index >= 15 is 0 Å². The Bertz CT molecular complexity index is 799. The Balaban J connectivity index is 2.24. The summed E-state index contributed by atoms with van der Waals surface area (Å²) >= 11 is 0. The number of carboxylic acids is 1. The maximum Gasteiger partial charge on any atom is 0.420 e. The van der Waals surface area contributed by atoms with Crippen LogP contribution in [0.15, 0.2) is 42.9 Å². The molecule has 1 aromatic carbocycles. The number of nitrogens with one attached hydrogen (secondary N) is 1. The van der Waals surface area contributed by atoms with E-state index in [0.717, 1.165) is 0 Å². The molecule has 150 valence electrons. The first kappa shape index (κ1) is 20.9. The molecule has 0 aliphatic heterocycles. The molecule has 2 amide bonds. The van der Waals surface area contributed by atoms with Crippen molar-refractivity contribution >= 4 is 18.2 Å². The first-order valence-electron chi connectivity index (χ1n) is 8.60. The van der Waals surface area contributed by atoms with Crippen LogP contribution in [0.3, 0.4) is 0 Å². The molecular weight excluding hydrogens is 366 g/mol. The van der Waals surface area contributed by atoms with Gasteiger partial charge in [0.25, 0.3) is 0 Å².